The fourth-order valence-electron chi connectivity index (χ4n) is 0.595. The van der Waals surface area contributed by atoms with Gasteiger partial charge in [-0.2, -0.15) is 13.2 Å². The van der Waals surface area contributed by atoms with E-state index in [9.17, 15) is 18.0 Å². The largest absolute Gasteiger partial charge is 0.450 e. The van der Waals surface area contributed by atoms with E-state index in [4.69, 9.17) is 0 Å². The number of halogens is 3. The predicted octanol–water partition coefficient (Wildman–Crippen LogP) is 1.31. The van der Waals surface area contributed by atoms with Gasteiger partial charge in [0.05, 0.1) is 13.2 Å². The minimum absolute atomic E-state index is 0.00505. The Kier molecular flexibility index (Phi) is 6.02. The first-order chi connectivity index (χ1) is 6.45. The Labute approximate surface area is 79.4 Å². The molecule has 0 saturated carbocycles. The van der Waals surface area contributed by atoms with E-state index >= 15 is 0 Å². The highest BCUT2D eigenvalue weighted by Gasteiger charge is 2.27. The molecule has 0 radical (unpaired) electrons. The minimum Gasteiger partial charge on any atom is -0.450 e. The number of amides is 1. The molecule has 0 spiro atoms. The Morgan fingerprint density at radius 3 is 2.57 bits per heavy atom. The Morgan fingerprint density at radius 1 is 1.43 bits per heavy atom. The molecule has 0 aromatic heterocycles. The summed E-state index contributed by atoms with van der Waals surface area (Å²) in [5.41, 5.74) is 0. The van der Waals surface area contributed by atoms with E-state index in [2.05, 4.69) is 14.8 Å². The van der Waals surface area contributed by atoms with Gasteiger partial charge in [-0.25, -0.2) is 4.79 Å². The molecule has 1 amide bonds. The van der Waals surface area contributed by atoms with E-state index in [1.165, 1.54) is 0 Å². The van der Waals surface area contributed by atoms with E-state index in [1.54, 1.807) is 6.92 Å². The van der Waals surface area contributed by atoms with Crippen LogP contribution in [0.4, 0.5) is 18.0 Å². The lowest BCUT2D eigenvalue weighted by atomic mass is 10.6. The van der Waals surface area contributed by atoms with Gasteiger partial charge in [0.15, 0.2) is 0 Å². The number of hydrogen-bond donors (Lipinski definition) is 1. The fraction of sp³-hybridized carbons (Fsp3) is 0.857. The number of hydrogen-bond acceptors (Lipinski definition) is 3. The number of carbonyl (C=O) groups excluding carboxylic acids is 1. The van der Waals surface area contributed by atoms with Crippen LogP contribution in [0.5, 0.6) is 0 Å². The molecule has 0 aliphatic carbocycles. The van der Waals surface area contributed by atoms with Crippen LogP contribution in [0, 0.1) is 0 Å². The zero-order chi connectivity index (χ0) is 11.0. The van der Waals surface area contributed by atoms with Crippen LogP contribution >= 0.6 is 0 Å². The van der Waals surface area contributed by atoms with Crippen LogP contribution in [-0.2, 0) is 9.47 Å². The van der Waals surface area contributed by atoms with Crippen LogP contribution < -0.4 is 5.32 Å². The average molecular weight is 215 g/mol. The standard InChI is InChI=1S/C7H12F3NO3/c1-2-14-6(12)11-3-4-13-5-7(8,9)10/h2-5H2,1H3,(H,11,12). The second-order valence-electron chi connectivity index (χ2n) is 2.32. The molecular weight excluding hydrogens is 203 g/mol. The van der Waals surface area contributed by atoms with E-state index in [0.29, 0.717) is 0 Å². The van der Waals surface area contributed by atoms with Crippen molar-refractivity contribution in [2.24, 2.45) is 0 Å². The van der Waals surface area contributed by atoms with Crippen LogP contribution in [0.25, 0.3) is 0 Å². The Morgan fingerprint density at radius 2 is 2.07 bits per heavy atom. The summed E-state index contributed by atoms with van der Waals surface area (Å²) in [6.45, 7) is 0.333. The van der Waals surface area contributed by atoms with Crippen LogP contribution in [0.3, 0.4) is 0 Å². The quantitative estimate of drug-likeness (QED) is 0.703. The minimum atomic E-state index is -4.33. The average Bonchev–Trinajstić information content (AvgIpc) is 2.02. The third-order valence-corrected chi connectivity index (χ3v) is 1.06. The Balaban J connectivity index is 3.26. The molecule has 0 fully saturated rings. The second kappa shape index (κ2) is 6.47. The number of rotatable bonds is 5. The molecule has 4 nitrogen and oxygen atoms in total. The topological polar surface area (TPSA) is 47.6 Å². The molecule has 84 valence electrons. The highest BCUT2D eigenvalue weighted by atomic mass is 19.4. The summed E-state index contributed by atoms with van der Waals surface area (Å²) >= 11 is 0. The van der Waals surface area contributed by atoms with Gasteiger partial charge in [0.2, 0.25) is 0 Å². The molecule has 0 unspecified atom stereocenters. The molecule has 0 atom stereocenters. The second-order valence-corrected chi connectivity index (χ2v) is 2.32. The van der Waals surface area contributed by atoms with Crippen molar-refractivity contribution in [3.05, 3.63) is 0 Å². The third kappa shape index (κ3) is 9.11. The maximum Gasteiger partial charge on any atom is 0.411 e. The van der Waals surface area contributed by atoms with Crippen molar-refractivity contribution in [1.29, 1.82) is 0 Å². The van der Waals surface area contributed by atoms with E-state index < -0.39 is 18.9 Å². The number of nitrogens with one attached hydrogen (secondary N) is 1. The van der Waals surface area contributed by atoms with Crippen molar-refractivity contribution in [2.75, 3.05) is 26.4 Å². The molecule has 1 N–H and O–H groups in total. The summed E-state index contributed by atoms with van der Waals surface area (Å²) in [5.74, 6) is 0. The zero-order valence-electron chi connectivity index (χ0n) is 7.69. The van der Waals surface area contributed by atoms with Gasteiger partial charge in [0.1, 0.15) is 6.61 Å². The van der Waals surface area contributed by atoms with Crippen molar-refractivity contribution < 1.29 is 27.4 Å². The fourth-order valence-corrected chi connectivity index (χ4v) is 0.595. The maximum absolute atomic E-state index is 11.5. The highest BCUT2D eigenvalue weighted by molar-refractivity contribution is 5.66. The molecule has 0 heterocycles. The molecular formula is C7H12F3NO3. The number of alkyl carbamates (subject to hydrolysis) is 1. The van der Waals surface area contributed by atoms with Gasteiger partial charge in [-0.3, -0.25) is 0 Å². The maximum atomic E-state index is 11.5. The molecule has 0 saturated heterocycles. The normalized spacial score (nSPS) is 11.1. The molecule has 7 heteroatoms. The SMILES string of the molecule is CCOC(=O)NCCOCC(F)(F)F. The van der Waals surface area contributed by atoms with Gasteiger partial charge < -0.3 is 14.8 Å². The number of alkyl halides is 3. The van der Waals surface area contributed by atoms with E-state index in [1.807, 2.05) is 0 Å². The van der Waals surface area contributed by atoms with Crippen molar-refractivity contribution in [1.82, 2.24) is 5.32 Å². The summed E-state index contributed by atoms with van der Waals surface area (Å²) in [6.07, 6.45) is -4.99. The summed E-state index contributed by atoms with van der Waals surface area (Å²) < 4.78 is 43.3. The van der Waals surface area contributed by atoms with Crippen molar-refractivity contribution in [3.8, 4) is 0 Å². The molecule has 0 aromatic carbocycles. The van der Waals surface area contributed by atoms with Gasteiger partial charge in [0, 0.05) is 6.54 Å². The molecule has 0 aliphatic heterocycles. The molecule has 0 bridgehead atoms. The smallest absolute Gasteiger partial charge is 0.411 e. The molecule has 0 aromatic rings. The first-order valence-electron chi connectivity index (χ1n) is 4.01. The number of ether oxygens (including phenoxy) is 2. The lowest BCUT2D eigenvalue weighted by molar-refractivity contribution is -0.173. The van der Waals surface area contributed by atoms with Crippen LogP contribution in [0.1, 0.15) is 6.92 Å². The summed E-state index contributed by atoms with van der Waals surface area (Å²) in [6, 6.07) is 0. The van der Waals surface area contributed by atoms with Crippen LogP contribution in [-0.4, -0.2) is 38.6 Å². The summed E-state index contributed by atoms with van der Waals surface area (Å²) in [4.78, 5) is 10.6. The Bertz CT molecular complexity index is 172. The first-order valence-corrected chi connectivity index (χ1v) is 4.01. The van der Waals surface area contributed by atoms with Crippen molar-refractivity contribution in [3.63, 3.8) is 0 Å². The monoisotopic (exact) mass is 215 g/mol. The van der Waals surface area contributed by atoms with Gasteiger partial charge in [-0.1, -0.05) is 0 Å². The summed E-state index contributed by atoms with van der Waals surface area (Å²) in [7, 11) is 0. The molecule has 14 heavy (non-hydrogen) atoms. The third-order valence-electron chi connectivity index (χ3n) is 1.06. The summed E-state index contributed by atoms with van der Waals surface area (Å²) in [5, 5.41) is 2.22. The highest BCUT2D eigenvalue weighted by Crippen LogP contribution is 2.13. The van der Waals surface area contributed by atoms with Gasteiger partial charge >= 0.3 is 12.3 Å². The first kappa shape index (κ1) is 13.0. The van der Waals surface area contributed by atoms with Gasteiger partial charge in [-0.05, 0) is 6.92 Å². The van der Waals surface area contributed by atoms with Crippen LogP contribution in [0.2, 0.25) is 0 Å². The predicted molar refractivity (Wildman–Crippen MR) is 41.9 cm³/mol. The van der Waals surface area contributed by atoms with E-state index in [-0.39, 0.29) is 19.8 Å². The lowest BCUT2D eigenvalue weighted by Gasteiger charge is -2.08. The molecule has 0 rings (SSSR count). The lowest BCUT2D eigenvalue weighted by Crippen LogP contribution is -2.29. The van der Waals surface area contributed by atoms with E-state index in [0.717, 1.165) is 0 Å². The molecule has 0 aliphatic rings. The van der Waals surface area contributed by atoms with Crippen LogP contribution in [0.15, 0.2) is 0 Å². The zero-order valence-corrected chi connectivity index (χ0v) is 7.69. The number of carbonyl (C=O) groups is 1. The van der Waals surface area contributed by atoms with Gasteiger partial charge in [0.25, 0.3) is 0 Å². The van der Waals surface area contributed by atoms with Gasteiger partial charge in [-0.15, -0.1) is 0 Å². The van der Waals surface area contributed by atoms with Crippen molar-refractivity contribution >= 4 is 6.09 Å². The Hall–Kier alpha value is -0.980. The van der Waals surface area contributed by atoms with Crippen molar-refractivity contribution in [2.45, 2.75) is 13.1 Å².